The van der Waals surface area contributed by atoms with Gasteiger partial charge >= 0.3 is 6.18 Å². The van der Waals surface area contributed by atoms with Crippen molar-refractivity contribution in [1.29, 1.82) is 0 Å². The molecule has 0 radical (unpaired) electrons. The lowest BCUT2D eigenvalue weighted by Crippen LogP contribution is -2.51. The summed E-state index contributed by atoms with van der Waals surface area (Å²) in [7, 11) is -4.47. The molecule has 0 saturated heterocycles. The van der Waals surface area contributed by atoms with Crippen LogP contribution in [0.1, 0.15) is 43.4 Å². The van der Waals surface area contributed by atoms with E-state index in [1.54, 1.807) is 18.2 Å². The third kappa shape index (κ3) is 8.32. The van der Waals surface area contributed by atoms with Crippen molar-refractivity contribution in [3.63, 3.8) is 0 Å². The van der Waals surface area contributed by atoms with Gasteiger partial charge < -0.3 is 10.2 Å². The Balaban J connectivity index is 2.05. The summed E-state index contributed by atoms with van der Waals surface area (Å²) in [5.41, 5.74) is 0.249. The molecule has 0 aliphatic heterocycles. The van der Waals surface area contributed by atoms with Crippen molar-refractivity contribution in [3.05, 3.63) is 95.6 Å². The maximum atomic E-state index is 13.9. The Labute approximate surface area is 239 Å². The van der Waals surface area contributed by atoms with Crippen LogP contribution in [0.2, 0.25) is 0 Å². The predicted octanol–water partition coefficient (Wildman–Crippen LogP) is 5.54. The summed E-state index contributed by atoms with van der Waals surface area (Å²) >= 11 is 0. The maximum Gasteiger partial charge on any atom is 0.416 e. The number of carbonyl (C=O) groups is 2. The highest BCUT2D eigenvalue weighted by atomic mass is 32.2. The van der Waals surface area contributed by atoms with E-state index in [0.29, 0.717) is 22.5 Å². The van der Waals surface area contributed by atoms with E-state index in [-0.39, 0.29) is 17.1 Å². The number of hydrogen-bond acceptors (Lipinski definition) is 4. The molecule has 220 valence electrons. The zero-order chi connectivity index (χ0) is 30.2. The average molecular weight is 590 g/mol. The molecule has 3 rings (SSSR count). The molecular formula is C30H34F3N3O4S. The van der Waals surface area contributed by atoms with Gasteiger partial charge in [-0.25, -0.2) is 8.42 Å². The summed E-state index contributed by atoms with van der Waals surface area (Å²) < 4.78 is 68.8. The van der Waals surface area contributed by atoms with Gasteiger partial charge in [0.25, 0.3) is 10.0 Å². The molecule has 7 nitrogen and oxygen atoms in total. The first-order chi connectivity index (χ1) is 19.3. The van der Waals surface area contributed by atoms with Crippen molar-refractivity contribution in [2.24, 2.45) is 0 Å². The summed E-state index contributed by atoms with van der Waals surface area (Å²) in [4.78, 5) is 27.9. The Kier molecular flexibility index (Phi) is 10.6. The molecule has 0 saturated carbocycles. The minimum Gasteiger partial charge on any atom is -0.354 e. The first-order valence-corrected chi connectivity index (χ1v) is 14.7. The van der Waals surface area contributed by atoms with Crippen molar-refractivity contribution in [2.45, 2.75) is 57.3 Å². The second kappa shape index (κ2) is 13.7. The van der Waals surface area contributed by atoms with E-state index in [4.69, 9.17) is 0 Å². The van der Waals surface area contributed by atoms with E-state index in [9.17, 15) is 31.2 Å². The Morgan fingerprint density at radius 3 is 2.27 bits per heavy atom. The molecule has 1 atom stereocenters. The summed E-state index contributed by atoms with van der Waals surface area (Å²) in [5.74, 6) is -1.17. The second-order valence-corrected chi connectivity index (χ2v) is 11.6. The highest BCUT2D eigenvalue weighted by Crippen LogP contribution is 2.33. The Hall–Kier alpha value is -3.86. The Morgan fingerprint density at radius 1 is 0.951 bits per heavy atom. The molecule has 2 amide bonds. The maximum absolute atomic E-state index is 13.9. The molecule has 1 N–H and O–H groups in total. The number of hydrogen-bond donors (Lipinski definition) is 1. The summed E-state index contributed by atoms with van der Waals surface area (Å²) in [5, 5.41) is 2.79. The topological polar surface area (TPSA) is 86.8 Å². The van der Waals surface area contributed by atoms with E-state index in [0.717, 1.165) is 30.5 Å². The average Bonchev–Trinajstić information content (AvgIpc) is 2.94. The van der Waals surface area contributed by atoms with Crippen LogP contribution in [-0.2, 0) is 32.3 Å². The number of halogens is 3. The van der Waals surface area contributed by atoms with Crippen LogP contribution in [0.3, 0.4) is 0 Å². The third-order valence-corrected chi connectivity index (χ3v) is 8.29. The van der Waals surface area contributed by atoms with Crippen LogP contribution in [0.5, 0.6) is 0 Å². The second-order valence-electron chi connectivity index (χ2n) is 9.70. The largest absolute Gasteiger partial charge is 0.416 e. The lowest BCUT2D eigenvalue weighted by atomic mass is 10.1. The molecule has 0 aliphatic carbocycles. The van der Waals surface area contributed by atoms with Gasteiger partial charge in [-0.3, -0.25) is 13.9 Å². The van der Waals surface area contributed by atoms with Crippen LogP contribution in [0.15, 0.2) is 83.8 Å². The lowest BCUT2D eigenvalue weighted by Gasteiger charge is -2.32. The number of rotatable bonds is 12. The fourth-order valence-corrected chi connectivity index (χ4v) is 5.64. The van der Waals surface area contributed by atoms with Gasteiger partial charge in [0, 0.05) is 13.1 Å². The number of nitrogens with zero attached hydrogens (tertiary/aromatic N) is 2. The van der Waals surface area contributed by atoms with Gasteiger partial charge in [0.05, 0.1) is 16.1 Å². The van der Waals surface area contributed by atoms with Crippen LogP contribution >= 0.6 is 0 Å². The number of unbranched alkanes of at least 4 members (excludes halogenated alkanes) is 1. The SMILES string of the molecule is CCCCNC(=O)C(C)N(Cc1cccc(C)c1)C(=O)CN(c1cccc(C(F)(F)F)c1)S(=O)(=O)c1ccccc1. The molecule has 11 heteroatoms. The van der Waals surface area contributed by atoms with Crippen molar-refractivity contribution < 1.29 is 31.2 Å². The molecule has 41 heavy (non-hydrogen) atoms. The number of carbonyl (C=O) groups excluding carboxylic acids is 2. The van der Waals surface area contributed by atoms with Crippen LogP contribution in [0, 0.1) is 6.92 Å². The minimum absolute atomic E-state index is 0.00923. The van der Waals surface area contributed by atoms with E-state index in [1.807, 2.05) is 26.0 Å². The molecule has 0 bridgehead atoms. The number of benzene rings is 3. The van der Waals surface area contributed by atoms with Crippen molar-refractivity contribution in [1.82, 2.24) is 10.2 Å². The number of anilines is 1. The molecule has 0 aromatic heterocycles. The monoisotopic (exact) mass is 589 g/mol. The normalized spacial score (nSPS) is 12.4. The van der Waals surface area contributed by atoms with Crippen molar-refractivity contribution in [2.75, 3.05) is 17.4 Å². The van der Waals surface area contributed by atoms with Gasteiger partial charge in [-0.1, -0.05) is 67.4 Å². The molecule has 1 unspecified atom stereocenters. The highest BCUT2D eigenvalue weighted by molar-refractivity contribution is 7.92. The zero-order valence-electron chi connectivity index (χ0n) is 23.2. The van der Waals surface area contributed by atoms with Crippen molar-refractivity contribution in [3.8, 4) is 0 Å². The number of nitrogens with one attached hydrogen (secondary N) is 1. The Morgan fingerprint density at radius 2 is 1.63 bits per heavy atom. The van der Waals surface area contributed by atoms with Gasteiger partial charge in [0.1, 0.15) is 12.6 Å². The standard InChI is InChI=1S/C30H34F3N3O4S/c1-4-5-17-34-29(38)23(3)35(20-24-12-9-11-22(2)18-24)28(37)21-36(41(39,40)27-15-7-6-8-16-27)26-14-10-13-25(19-26)30(31,32)33/h6-16,18-19,23H,4-5,17,20-21H2,1-3H3,(H,34,38). The van der Waals surface area contributed by atoms with Gasteiger partial charge in [-0.15, -0.1) is 0 Å². The van der Waals surface area contributed by atoms with E-state index >= 15 is 0 Å². The summed E-state index contributed by atoms with van der Waals surface area (Å²) in [6.07, 6.45) is -3.14. The highest BCUT2D eigenvalue weighted by Gasteiger charge is 2.35. The quantitative estimate of drug-likeness (QED) is 0.281. The molecule has 0 spiro atoms. The number of amides is 2. The van der Waals surface area contributed by atoms with Gasteiger partial charge in [0.2, 0.25) is 11.8 Å². The van der Waals surface area contributed by atoms with E-state index < -0.39 is 46.2 Å². The molecule has 3 aromatic carbocycles. The number of sulfonamides is 1. The first kappa shape index (κ1) is 31.7. The fourth-order valence-electron chi connectivity index (χ4n) is 4.21. The molecule has 0 heterocycles. The fraction of sp³-hybridized carbons (Fsp3) is 0.333. The molecule has 0 fully saturated rings. The predicted molar refractivity (Wildman–Crippen MR) is 152 cm³/mol. The zero-order valence-corrected chi connectivity index (χ0v) is 24.0. The first-order valence-electron chi connectivity index (χ1n) is 13.2. The van der Waals surface area contributed by atoms with Gasteiger partial charge in [-0.2, -0.15) is 13.2 Å². The number of aryl methyl sites for hydroxylation is 1. The lowest BCUT2D eigenvalue weighted by molar-refractivity contribution is -0.139. The molecule has 0 aliphatic rings. The third-order valence-electron chi connectivity index (χ3n) is 6.50. The van der Waals surface area contributed by atoms with Crippen LogP contribution in [0.4, 0.5) is 18.9 Å². The number of alkyl halides is 3. The van der Waals surface area contributed by atoms with Crippen LogP contribution in [-0.4, -0.2) is 44.3 Å². The smallest absolute Gasteiger partial charge is 0.354 e. The van der Waals surface area contributed by atoms with E-state index in [1.165, 1.54) is 42.2 Å². The summed E-state index contributed by atoms with van der Waals surface area (Å²) in [6.45, 7) is 4.96. The van der Waals surface area contributed by atoms with Gasteiger partial charge in [0.15, 0.2) is 0 Å². The molecule has 3 aromatic rings. The molecular weight excluding hydrogens is 555 g/mol. The van der Waals surface area contributed by atoms with Gasteiger partial charge in [-0.05, 0) is 56.2 Å². The summed E-state index contributed by atoms with van der Waals surface area (Å²) in [6, 6.07) is 17.3. The van der Waals surface area contributed by atoms with Crippen LogP contribution < -0.4 is 9.62 Å². The Bertz CT molecular complexity index is 1450. The van der Waals surface area contributed by atoms with E-state index in [2.05, 4.69) is 5.32 Å². The van der Waals surface area contributed by atoms with Crippen LogP contribution in [0.25, 0.3) is 0 Å². The minimum atomic E-state index is -4.73. The van der Waals surface area contributed by atoms with Crippen molar-refractivity contribution >= 4 is 27.5 Å².